The zero-order chi connectivity index (χ0) is 26.6. The molecule has 2 heterocycles. The van der Waals surface area contributed by atoms with Crippen LogP contribution in [0.3, 0.4) is 0 Å². The fourth-order valence-electron chi connectivity index (χ4n) is 3.99. The third-order valence-corrected chi connectivity index (χ3v) is 8.47. The van der Waals surface area contributed by atoms with Crippen LogP contribution in [0.4, 0.5) is 5.69 Å². The number of thiazole rings is 1. The molecule has 0 unspecified atom stereocenters. The average molecular weight is 565 g/mol. The lowest BCUT2D eigenvalue weighted by atomic mass is 10.2. The van der Waals surface area contributed by atoms with Crippen LogP contribution in [0.15, 0.2) is 53.5 Å². The number of hydrogen-bond donors (Lipinski definition) is 0. The van der Waals surface area contributed by atoms with Gasteiger partial charge < -0.3 is 19.1 Å². The first-order valence-electron chi connectivity index (χ1n) is 11.4. The van der Waals surface area contributed by atoms with Crippen LogP contribution in [0.2, 0.25) is 5.02 Å². The van der Waals surface area contributed by atoms with Gasteiger partial charge in [0.25, 0.3) is 5.91 Å². The molecule has 0 atom stereocenters. The number of halogens is 1. The number of piperazine rings is 1. The molecule has 2 aromatic carbocycles. The Kier molecular flexibility index (Phi) is 8.30. The Balaban J connectivity index is 1.43. The summed E-state index contributed by atoms with van der Waals surface area (Å²) in [5, 5.41) is 0.461. The Labute approximate surface area is 222 Å². The molecular weight excluding hydrogens is 540 g/mol. The van der Waals surface area contributed by atoms with Gasteiger partial charge in [0.05, 0.1) is 17.3 Å². The average Bonchev–Trinajstić information content (AvgIpc) is 3.19. The maximum Gasteiger partial charge on any atom is 0.325 e. The zero-order valence-electron chi connectivity index (χ0n) is 20.0. The first-order chi connectivity index (χ1) is 17.6. The molecule has 13 heteroatoms. The number of nitrogens with zero attached hydrogens (tertiary/aromatic N) is 4. The van der Waals surface area contributed by atoms with Crippen LogP contribution in [0.1, 0.15) is 0 Å². The highest BCUT2D eigenvalue weighted by Crippen LogP contribution is 2.22. The number of para-hydroxylation sites is 1. The molecule has 1 aromatic heterocycles. The lowest BCUT2D eigenvalue weighted by molar-refractivity contribution is -0.141. The van der Waals surface area contributed by atoms with E-state index >= 15 is 0 Å². The fourth-order valence-corrected chi connectivity index (χ4v) is 6.41. The molecule has 4 rings (SSSR count). The summed E-state index contributed by atoms with van der Waals surface area (Å²) in [6.07, 6.45) is 0. The minimum Gasteiger partial charge on any atom is -0.468 e. The lowest BCUT2D eigenvalue weighted by Crippen LogP contribution is -2.50. The maximum atomic E-state index is 12.7. The standard InChI is InChI=1S/C24H25ClN4O6S2/c1-35-23(32)14-29-19-8-7-17(25)13-20(19)36-24(29)26-21(30)15-37(33,34)16-22(31)28-11-9-27(10-12-28)18-5-3-2-4-6-18/h2-8,13H,9-12,14-16H2,1H3. The van der Waals surface area contributed by atoms with Gasteiger partial charge in [0.15, 0.2) is 14.6 Å². The van der Waals surface area contributed by atoms with Crippen molar-refractivity contribution in [1.82, 2.24) is 9.47 Å². The third kappa shape index (κ3) is 6.76. The van der Waals surface area contributed by atoms with Gasteiger partial charge in [-0.3, -0.25) is 14.4 Å². The summed E-state index contributed by atoms with van der Waals surface area (Å²) >= 11 is 7.14. The fraction of sp³-hybridized carbons (Fsp3) is 0.333. The molecule has 0 aliphatic carbocycles. The Hall–Kier alpha value is -3.22. The number of carbonyl (C=O) groups is 3. The number of ether oxygens (including phenoxy) is 1. The van der Waals surface area contributed by atoms with E-state index in [9.17, 15) is 22.8 Å². The van der Waals surface area contributed by atoms with E-state index < -0.39 is 39.1 Å². The highest BCUT2D eigenvalue weighted by atomic mass is 35.5. The molecule has 0 bridgehead atoms. The van der Waals surface area contributed by atoms with Gasteiger partial charge in [-0.2, -0.15) is 4.99 Å². The molecule has 0 saturated carbocycles. The highest BCUT2D eigenvalue weighted by molar-refractivity contribution is 7.92. The number of benzene rings is 2. The van der Waals surface area contributed by atoms with Crippen LogP contribution in [0, 0.1) is 0 Å². The summed E-state index contributed by atoms with van der Waals surface area (Å²) in [5.41, 5.74) is 1.64. The minimum absolute atomic E-state index is 0.131. The van der Waals surface area contributed by atoms with Gasteiger partial charge in [-0.05, 0) is 30.3 Å². The predicted molar refractivity (Wildman–Crippen MR) is 141 cm³/mol. The summed E-state index contributed by atoms with van der Waals surface area (Å²) in [7, 11) is -2.82. The van der Waals surface area contributed by atoms with Crippen molar-refractivity contribution in [3.8, 4) is 0 Å². The van der Waals surface area contributed by atoms with Crippen LogP contribution in [0.25, 0.3) is 10.2 Å². The molecule has 1 aliphatic heterocycles. The van der Waals surface area contributed by atoms with E-state index in [1.807, 2.05) is 30.3 Å². The molecule has 0 N–H and O–H groups in total. The summed E-state index contributed by atoms with van der Waals surface area (Å²) < 4.78 is 32.2. The molecule has 2 amide bonds. The van der Waals surface area contributed by atoms with E-state index in [0.717, 1.165) is 17.0 Å². The Morgan fingerprint density at radius 1 is 1.03 bits per heavy atom. The molecule has 196 valence electrons. The number of sulfone groups is 1. The van der Waals surface area contributed by atoms with Gasteiger partial charge in [0.2, 0.25) is 5.91 Å². The topological polar surface area (TPSA) is 118 Å². The molecule has 0 spiro atoms. The van der Waals surface area contributed by atoms with Crippen molar-refractivity contribution in [2.24, 2.45) is 4.99 Å². The first-order valence-corrected chi connectivity index (χ1v) is 14.4. The second-order valence-corrected chi connectivity index (χ2v) is 11.9. The monoisotopic (exact) mass is 564 g/mol. The Morgan fingerprint density at radius 2 is 1.73 bits per heavy atom. The normalized spacial score (nSPS) is 14.7. The highest BCUT2D eigenvalue weighted by Gasteiger charge is 2.27. The van der Waals surface area contributed by atoms with Crippen molar-refractivity contribution in [1.29, 1.82) is 0 Å². The molecule has 3 aromatic rings. The van der Waals surface area contributed by atoms with Crippen LogP contribution >= 0.6 is 22.9 Å². The number of aromatic nitrogens is 1. The van der Waals surface area contributed by atoms with Crippen molar-refractivity contribution >= 4 is 66.5 Å². The Bertz CT molecular complexity index is 1490. The Morgan fingerprint density at radius 3 is 2.41 bits per heavy atom. The molecular formula is C24H25ClN4O6S2. The van der Waals surface area contributed by atoms with E-state index in [1.165, 1.54) is 16.6 Å². The van der Waals surface area contributed by atoms with Gasteiger partial charge >= 0.3 is 5.97 Å². The number of anilines is 1. The van der Waals surface area contributed by atoms with Crippen LogP contribution < -0.4 is 9.70 Å². The van der Waals surface area contributed by atoms with Gasteiger partial charge in [-0.25, -0.2) is 8.42 Å². The number of carbonyl (C=O) groups excluding carboxylic acids is 3. The van der Waals surface area contributed by atoms with Crippen molar-refractivity contribution in [2.45, 2.75) is 6.54 Å². The quantitative estimate of drug-likeness (QED) is 0.401. The summed E-state index contributed by atoms with van der Waals surface area (Å²) in [6, 6.07) is 14.7. The largest absolute Gasteiger partial charge is 0.468 e. The first kappa shape index (κ1) is 26.8. The van der Waals surface area contributed by atoms with Crippen molar-refractivity contribution in [3.63, 3.8) is 0 Å². The number of fused-ring (bicyclic) bond motifs is 1. The lowest BCUT2D eigenvalue weighted by Gasteiger charge is -2.36. The number of methoxy groups -OCH3 is 1. The van der Waals surface area contributed by atoms with E-state index in [2.05, 4.69) is 9.89 Å². The number of hydrogen-bond acceptors (Lipinski definition) is 8. The molecule has 1 saturated heterocycles. The van der Waals surface area contributed by atoms with Gasteiger partial charge in [0.1, 0.15) is 18.1 Å². The maximum absolute atomic E-state index is 12.7. The molecule has 0 radical (unpaired) electrons. The van der Waals surface area contributed by atoms with Gasteiger partial charge in [0, 0.05) is 36.9 Å². The van der Waals surface area contributed by atoms with E-state index in [1.54, 1.807) is 18.2 Å². The van der Waals surface area contributed by atoms with Gasteiger partial charge in [-0.15, -0.1) is 0 Å². The van der Waals surface area contributed by atoms with Crippen molar-refractivity contribution in [3.05, 3.63) is 58.4 Å². The van der Waals surface area contributed by atoms with Crippen LogP contribution in [0.5, 0.6) is 0 Å². The second-order valence-electron chi connectivity index (χ2n) is 8.40. The number of amides is 2. The molecule has 1 aliphatic rings. The van der Waals surface area contributed by atoms with Crippen molar-refractivity contribution < 1.29 is 27.5 Å². The summed E-state index contributed by atoms with van der Waals surface area (Å²) in [5.74, 6) is -3.73. The zero-order valence-corrected chi connectivity index (χ0v) is 22.4. The van der Waals surface area contributed by atoms with E-state index in [0.29, 0.717) is 41.4 Å². The molecule has 10 nitrogen and oxygen atoms in total. The van der Waals surface area contributed by atoms with Crippen molar-refractivity contribution in [2.75, 3.05) is 49.7 Å². The number of rotatable bonds is 7. The SMILES string of the molecule is COC(=O)Cn1c(=NC(=O)CS(=O)(=O)CC(=O)N2CCN(c3ccccc3)CC2)sc2cc(Cl)ccc21. The predicted octanol–water partition coefficient (Wildman–Crippen LogP) is 1.72. The minimum atomic E-state index is -4.06. The second kappa shape index (κ2) is 11.4. The molecule has 1 fully saturated rings. The third-order valence-electron chi connectivity index (χ3n) is 5.82. The number of esters is 1. The van der Waals surface area contributed by atoms with Gasteiger partial charge in [-0.1, -0.05) is 41.1 Å². The van der Waals surface area contributed by atoms with E-state index in [4.69, 9.17) is 16.3 Å². The summed E-state index contributed by atoms with van der Waals surface area (Å²) in [4.78, 5) is 44.9. The summed E-state index contributed by atoms with van der Waals surface area (Å²) in [6.45, 7) is 1.73. The van der Waals surface area contributed by atoms with Crippen LogP contribution in [-0.2, 0) is 35.5 Å². The van der Waals surface area contributed by atoms with Crippen LogP contribution in [-0.4, -0.2) is 80.5 Å². The molecule has 37 heavy (non-hydrogen) atoms. The smallest absolute Gasteiger partial charge is 0.325 e. The van der Waals surface area contributed by atoms with E-state index in [-0.39, 0.29) is 11.3 Å².